The molecule has 2 saturated heterocycles. The Morgan fingerprint density at radius 2 is 1.89 bits per heavy atom. The Bertz CT molecular complexity index is 1760. The first-order valence-corrected chi connectivity index (χ1v) is 15.7. The number of piperazine rings is 1. The van der Waals surface area contributed by atoms with E-state index in [4.69, 9.17) is 31.8 Å². The molecule has 1 unspecified atom stereocenters. The number of benzene rings is 2. The number of anilines is 2. The van der Waals surface area contributed by atoms with E-state index in [-0.39, 0.29) is 46.1 Å². The molecule has 2 N–H and O–H groups in total. The standard InChI is InChI=1S/C33H39ClFN7O3/c1-19-17-41(32(43)45-33(2,3)4)13-14-42(19)30-23-16-24(34)26(28-22-11-7-6-9-20(22)15-25(36)37-28)27(35)29(23)38-31(39-30)44-18-21-10-8-12-40(21)5/h6-7,9,11,15-16,19,21H,8,10,12-14,17-18H2,1-5H3,(H2,36,37)/t19-,21?/m0/s1. The predicted octanol–water partition coefficient (Wildman–Crippen LogP) is 6.14. The van der Waals surface area contributed by atoms with Crippen LogP contribution in [0, 0.1) is 5.82 Å². The highest BCUT2D eigenvalue weighted by Crippen LogP contribution is 2.41. The summed E-state index contributed by atoms with van der Waals surface area (Å²) in [4.78, 5) is 32.7. The fraction of sp³-hybridized carbons (Fsp3) is 0.455. The highest BCUT2D eigenvalue weighted by Gasteiger charge is 2.33. The van der Waals surface area contributed by atoms with E-state index >= 15 is 4.39 Å². The lowest BCUT2D eigenvalue weighted by Gasteiger charge is -2.41. The van der Waals surface area contributed by atoms with Crippen molar-refractivity contribution < 1.29 is 18.7 Å². The number of carbonyl (C=O) groups excluding carboxylic acids is 1. The molecule has 2 fully saturated rings. The molecule has 45 heavy (non-hydrogen) atoms. The maximum absolute atomic E-state index is 16.8. The van der Waals surface area contributed by atoms with E-state index in [1.54, 1.807) is 17.0 Å². The number of pyridine rings is 1. The first-order valence-electron chi connectivity index (χ1n) is 15.3. The third kappa shape index (κ3) is 6.28. The molecule has 12 heteroatoms. The second-order valence-corrected chi connectivity index (χ2v) is 13.4. The minimum absolute atomic E-state index is 0.0734. The lowest BCUT2D eigenvalue weighted by molar-refractivity contribution is 0.0218. The van der Waals surface area contributed by atoms with Gasteiger partial charge < -0.3 is 29.9 Å². The number of rotatable bonds is 5. The second kappa shape index (κ2) is 12.1. The van der Waals surface area contributed by atoms with Crippen molar-refractivity contribution in [2.24, 2.45) is 0 Å². The van der Waals surface area contributed by atoms with Crippen LogP contribution >= 0.6 is 11.6 Å². The molecule has 10 nitrogen and oxygen atoms in total. The van der Waals surface area contributed by atoms with Crippen LogP contribution in [0.4, 0.5) is 20.8 Å². The molecule has 2 aliphatic heterocycles. The molecule has 238 valence electrons. The molecule has 2 aromatic heterocycles. The molecule has 0 aliphatic carbocycles. The van der Waals surface area contributed by atoms with Gasteiger partial charge in [-0.3, -0.25) is 0 Å². The lowest BCUT2D eigenvalue weighted by atomic mass is 10.0. The number of ether oxygens (including phenoxy) is 2. The largest absolute Gasteiger partial charge is 0.462 e. The minimum Gasteiger partial charge on any atom is -0.462 e. The maximum atomic E-state index is 16.8. The molecule has 0 bridgehead atoms. The molecular weight excluding hydrogens is 597 g/mol. The fourth-order valence-electron chi connectivity index (χ4n) is 6.20. The van der Waals surface area contributed by atoms with Gasteiger partial charge in [0.1, 0.15) is 29.4 Å². The van der Waals surface area contributed by atoms with Gasteiger partial charge in [0.2, 0.25) is 0 Å². The number of nitrogens with two attached hydrogens (primary N) is 1. The van der Waals surface area contributed by atoms with Crippen molar-refractivity contribution >= 4 is 51.0 Å². The number of halogens is 2. The number of aromatic nitrogens is 3. The molecule has 0 radical (unpaired) electrons. The number of fused-ring (bicyclic) bond motifs is 2. The molecule has 6 rings (SSSR count). The number of nitrogen functional groups attached to an aromatic ring is 1. The molecule has 4 aromatic rings. The van der Waals surface area contributed by atoms with Crippen LogP contribution in [-0.4, -0.2) is 88.4 Å². The normalized spacial score (nSPS) is 19.4. The van der Waals surface area contributed by atoms with Gasteiger partial charge in [0.05, 0.1) is 16.3 Å². The van der Waals surface area contributed by atoms with Crippen molar-refractivity contribution in [1.29, 1.82) is 0 Å². The maximum Gasteiger partial charge on any atom is 0.410 e. The van der Waals surface area contributed by atoms with Crippen molar-refractivity contribution in [3.63, 3.8) is 0 Å². The van der Waals surface area contributed by atoms with Gasteiger partial charge in [0, 0.05) is 42.5 Å². The van der Waals surface area contributed by atoms with Crippen molar-refractivity contribution in [3.05, 3.63) is 47.2 Å². The summed E-state index contributed by atoms with van der Waals surface area (Å²) in [5.41, 5.74) is 6.06. The number of hydrogen-bond acceptors (Lipinski definition) is 9. The number of hydrogen-bond donors (Lipinski definition) is 1. The monoisotopic (exact) mass is 635 g/mol. The van der Waals surface area contributed by atoms with Gasteiger partial charge >= 0.3 is 12.1 Å². The van der Waals surface area contributed by atoms with Crippen LogP contribution < -0.4 is 15.4 Å². The predicted molar refractivity (Wildman–Crippen MR) is 175 cm³/mol. The van der Waals surface area contributed by atoms with Crippen LogP contribution in [-0.2, 0) is 4.74 Å². The third-order valence-electron chi connectivity index (χ3n) is 8.47. The van der Waals surface area contributed by atoms with E-state index < -0.39 is 11.4 Å². The van der Waals surface area contributed by atoms with Crippen molar-refractivity contribution in [2.45, 2.75) is 58.2 Å². The lowest BCUT2D eigenvalue weighted by Crippen LogP contribution is -2.55. The van der Waals surface area contributed by atoms with Gasteiger partial charge in [-0.15, -0.1) is 0 Å². The van der Waals surface area contributed by atoms with Crippen LogP contribution in [0.3, 0.4) is 0 Å². The number of amides is 1. The summed E-state index contributed by atoms with van der Waals surface area (Å²) >= 11 is 6.87. The summed E-state index contributed by atoms with van der Waals surface area (Å²) < 4.78 is 28.6. The van der Waals surface area contributed by atoms with E-state index in [0.29, 0.717) is 48.5 Å². The van der Waals surface area contributed by atoms with Crippen LogP contribution in [0.15, 0.2) is 36.4 Å². The van der Waals surface area contributed by atoms with E-state index in [2.05, 4.69) is 21.9 Å². The fourth-order valence-corrected chi connectivity index (χ4v) is 6.48. The Balaban J connectivity index is 1.44. The smallest absolute Gasteiger partial charge is 0.410 e. The van der Waals surface area contributed by atoms with Crippen molar-refractivity contribution in [2.75, 3.05) is 50.5 Å². The Morgan fingerprint density at radius 3 is 2.60 bits per heavy atom. The van der Waals surface area contributed by atoms with E-state index in [1.807, 2.05) is 56.9 Å². The quantitative estimate of drug-likeness (QED) is 0.277. The molecule has 4 heterocycles. The van der Waals surface area contributed by atoms with Gasteiger partial charge in [-0.25, -0.2) is 14.2 Å². The number of carbonyl (C=O) groups is 1. The van der Waals surface area contributed by atoms with Crippen LogP contribution in [0.1, 0.15) is 40.5 Å². The molecule has 2 aromatic carbocycles. The number of likely N-dealkylation sites (tertiary alicyclic amines) is 1. The van der Waals surface area contributed by atoms with E-state index in [1.165, 1.54) is 0 Å². The summed E-state index contributed by atoms with van der Waals surface area (Å²) in [6.45, 7) is 10.2. The minimum atomic E-state index is -0.632. The Morgan fingerprint density at radius 1 is 1.11 bits per heavy atom. The zero-order valence-corrected chi connectivity index (χ0v) is 27.1. The molecular formula is C33H39ClFN7O3. The Labute approximate surface area is 267 Å². The summed E-state index contributed by atoms with van der Waals surface area (Å²) in [7, 11) is 2.07. The van der Waals surface area contributed by atoms with E-state index in [9.17, 15) is 4.79 Å². The van der Waals surface area contributed by atoms with Crippen LogP contribution in [0.5, 0.6) is 6.01 Å². The molecule has 2 atom stereocenters. The summed E-state index contributed by atoms with van der Waals surface area (Å²) in [5, 5.41) is 2.14. The molecule has 2 aliphatic rings. The highest BCUT2D eigenvalue weighted by molar-refractivity contribution is 6.34. The third-order valence-corrected chi connectivity index (χ3v) is 8.76. The van der Waals surface area contributed by atoms with Crippen LogP contribution in [0.2, 0.25) is 5.02 Å². The average molecular weight is 636 g/mol. The van der Waals surface area contributed by atoms with Gasteiger partial charge in [0.25, 0.3) is 0 Å². The van der Waals surface area contributed by atoms with Crippen LogP contribution in [0.25, 0.3) is 32.9 Å². The number of nitrogens with zero attached hydrogens (tertiary/aromatic N) is 6. The topological polar surface area (TPSA) is 110 Å². The second-order valence-electron chi connectivity index (χ2n) is 12.9. The Kier molecular flexibility index (Phi) is 8.34. The highest BCUT2D eigenvalue weighted by atomic mass is 35.5. The zero-order valence-electron chi connectivity index (χ0n) is 26.3. The van der Waals surface area contributed by atoms with Crippen molar-refractivity contribution in [1.82, 2.24) is 24.8 Å². The van der Waals surface area contributed by atoms with E-state index in [0.717, 1.165) is 24.8 Å². The first-order chi connectivity index (χ1) is 21.4. The SMILES string of the molecule is C[C@H]1CN(C(=O)OC(C)(C)C)CCN1c1nc(OCC2CCCN2C)nc2c(F)c(-c3nc(N)cc4ccccc34)c(Cl)cc12. The van der Waals surface area contributed by atoms with Gasteiger partial charge in [0.15, 0.2) is 5.82 Å². The number of likely N-dealkylation sites (N-methyl/N-ethyl adjacent to an activating group) is 1. The summed E-state index contributed by atoms with van der Waals surface area (Å²) in [5.74, 6) is 0.111. The molecule has 0 saturated carbocycles. The zero-order chi connectivity index (χ0) is 32.0. The molecule has 0 spiro atoms. The first kappa shape index (κ1) is 31.0. The average Bonchev–Trinajstić information content (AvgIpc) is 3.39. The van der Waals surface area contributed by atoms with Gasteiger partial charge in [-0.1, -0.05) is 35.9 Å². The van der Waals surface area contributed by atoms with Gasteiger partial charge in [-0.2, -0.15) is 9.97 Å². The van der Waals surface area contributed by atoms with Gasteiger partial charge in [-0.05, 0) is 71.6 Å². The van der Waals surface area contributed by atoms with Crippen molar-refractivity contribution in [3.8, 4) is 17.3 Å². The summed E-state index contributed by atoms with van der Waals surface area (Å²) in [6, 6.07) is 11.1. The Hall–Kier alpha value is -3.96. The molecule has 1 amide bonds. The summed E-state index contributed by atoms with van der Waals surface area (Å²) in [6.07, 6.45) is 1.72.